The molecule has 4 aromatic rings. The number of para-hydroxylation sites is 1. The summed E-state index contributed by atoms with van der Waals surface area (Å²) in [5.41, 5.74) is 0.0256. The van der Waals surface area contributed by atoms with Crippen LogP contribution < -0.4 is 44.7 Å². The summed E-state index contributed by atoms with van der Waals surface area (Å²) in [7, 11) is -3.18. The molecule has 39 heavy (non-hydrogen) atoms. The van der Waals surface area contributed by atoms with Crippen LogP contribution in [-0.2, 0) is 16.5 Å². The number of halogens is 2. The molecule has 0 fully saturated rings. The van der Waals surface area contributed by atoms with E-state index in [4.69, 9.17) is 27.9 Å². The van der Waals surface area contributed by atoms with Crippen molar-refractivity contribution in [1.29, 1.82) is 0 Å². The maximum Gasteiger partial charge on any atom is 1.00 e. The SMILES string of the molecule is CCc1c(Cl)cc(N=Nc2c([O-])c(C(=O)Nc3c(Cl)cccc3OC)cc3ccccc23)cc1S(=O)(=O)O.[Na+]. The molecule has 1 amide bonds. The molecular formula is C26H20Cl2N3NaO6S. The van der Waals surface area contributed by atoms with Crippen LogP contribution >= 0.6 is 23.2 Å². The number of carbonyl (C=O) groups is 1. The Morgan fingerprint density at radius 2 is 1.77 bits per heavy atom. The van der Waals surface area contributed by atoms with Gasteiger partial charge in [-0.1, -0.05) is 66.2 Å². The van der Waals surface area contributed by atoms with E-state index in [-0.39, 0.29) is 74.2 Å². The van der Waals surface area contributed by atoms with E-state index < -0.39 is 26.7 Å². The summed E-state index contributed by atoms with van der Waals surface area (Å²) in [6.45, 7) is 1.68. The van der Waals surface area contributed by atoms with E-state index in [0.29, 0.717) is 16.5 Å². The van der Waals surface area contributed by atoms with Crippen LogP contribution in [0.3, 0.4) is 0 Å². The second-order valence-electron chi connectivity index (χ2n) is 8.03. The Morgan fingerprint density at radius 3 is 2.44 bits per heavy atom. The number of anilines is 1. The number of methoxy groups -OCH3 is 1. The minimum atomic E-state index is -4.60. The first-order valence-corrected chi connectivity index (χ1v) is 13.3. The summed E-state index contributed by atoms with van der Waals surface area (Å²) in [6, 6.07) is 15.5. The summed E-state index contributed by atoms with van der Waals surface area (Å²) in [5, 5.41) is 25.4. The Kier molecular flexibility index (Phi) is 10.0. The third-order valence-corrected chi connectivity index (χ3v) is 7.26. The van der Waals surface area contributed by atoms with E-state index in [1.54, 1.807) is 49.4 Å². The summed E-state index contributed by atoms with van der Waals surface area (Å²) in [6.07, 6.45) is 0.244. The molecule has 0 saturated carbocycles. The molecule has 0 saturated heterocycles. The van der Waals surface area contributed by atoms with Gasteiger partial charge in [0.15, 0.2) is 0 Å². The van der Waals surface area contributed by atoms with Crippen molar-refractivity contribution >= 4 is 67.1 Å². The summed E-state index contributed by atoms with van der Waals surface area (Å²) in [5.74, 6) is -1.16. The Hall–Kier alpha value is -2.70. The molecule has 0 aliphatic heterocycles. The van der Waals surface area contributed by atoms with E-state index in [1.807, 2.05) is 0 Å². The number of ether oxygens (including phenoxy) is 1. The van der Waals surface area contributed by atoms with E-state index >= 15 is 0 Å². The standard InChI is InChI=1S/C26H21Cl2N3O6S.Na/c1-3-16-20(28)12-15(13-22(16)38(34,35)36)30-31-23-17-8-5-4-7-14(17)11-18(25(23)32)26(33)29-24-19(27)9-6-10-21(24)37-2;/h4-13,32H,3H2,1-2H3,(H,29,33)(H,34,35,36);/q;+1/p-1. The molecule has 0 atom stereocenters. The van der Waals surface area contributed by atoms with Crippen LogP contribution in [0.4, 0.5) is 17.1 Å². The van der Waals surface area contributed by atoms with Crippen molar-refractivity contribution in [2.45, 2.75) is 18.2 Å². The number of nitrogens with one attached hydrogen (secondary N) is 1. The predicted molar refractivity (Wildman–Crippen MR) is 144 cm³/mol. The second kappa shape index (κ2) is 12.6. The second-order valence-corrected chi connectivity index (χ2v) is 10.2. The minimum absolute atomic E-state index is 0. The van der Waals surface area contributed by atoms with Crippen molar-refractivity contribution in [3.63, 3.8) is 0 Å². The van der Waals surface area contributed by atoms with E-state index in [9.17, 15) is 22.9 Å². The maximum absolute atomic E-state index is 13.4. The van der Waals surface area contributed by atoms with Gasteiger partial charge < -0.3 is 15.2 Å². The molecule has 0 unspecified atom stereocenters. The third-order valence-electron chi connectivity index (χ3n) is 5.69. The molecule has 0 bridgehead atoms. The third kappa shape index (κ3) is 6.55. The molecule has 196 valence electrons. The fraction of sp³-hybridized carbons (Fsp3) is 0.115. The number of carbonyl (C=O) groups excluding carboxylic acids is 1. The van der Waals surface area contributed by atoms with Gasteiger partial charge in [-0.15, -0.1) is 0 Å². The van der Waals surface area contributed by atoms with Crippen LogP contribution in [0.15, 0.2) is 75.8 Å². The molecule has 13 heteroatoms. The number of nitrogens with zero attached hydrogens (tertiary/aromatic N) is 2. The predicted octanol–water partition coefficient (Wildman–Crippen LogP) is 3.71. The summed E-state index contributed by atoms with van der Waals surface area (Å²) < 4.78 is 38.6. The number of fused-ring (bicyclic) bond motifs is 1. The van der Waals surface area contributed by atoms with Gasteiger partial charge in [0.05, 0.1) is 23.5 Å². The van der Waals surface area contributed by atoms with Crippen molar-refractivity contribution in [2.24, 2.45) is 10.2 Å². The molecule has 0 aliphatic carbocycles. The fourth-order valence-electron chi connectivity index (χ4n) is 3.89. The van der Waals surface area contributed by atoms with Gasteiger partial charge in [0, 0.05) is 16.0 Å². The molecule has 0 aliphatic rings. The Balaban J connectivity index is 0.00000420. The molecule has 2 N–H and O–H groups in total. The zero-order chi connectivity index (χ0) is 27.6. The number of amides is 1. The van der Waals surface area contributed by atoms with E-state index in [1.165, 1.54) is 19.2 Å². The Bertz CT molecular complexity index is 1710. The maximum atomic E-state index is 13.4. The van der Waals surface area contributed by atoms with Crippen LogP contribution in [0, 0.1) is 0 Å². The van der Waals surface area contributed by atoms with Crippen molar-refractivity contribution in [3.8, 4) is 11.5 Å². The largest absolute Gasteiger partial charge is 1.00 e. The van der Waals surface area contributed by atoms with Crippen LogP contribution in [0.1, 0.15) is 22.8 Å². The quantitative estimate of drug-likeness (QED) is 0.189. The molecular weight excluding hydrogens is 576 g/mol. The summed E-state index contributed by atoms with van der Waals surface area (Å²) >= 11 is 12.4. The number of hydrogen-bond acceptors (Lipinski definition) is 7. The van der Waals surface area contributed by atoms with Crippen molar-refractivity contribution in [3.05, 3.63) is 81.8 Å². The molecule has 9 nitrogen and oxygen atoms in total. The smallest absolute Gasteiger partial charge is 0.870 e. The number of rotatable bonds is 7. The van der Waals surface area contributed by atoms with Crippen molar-refractivity contribution < 1.29 is 57.2 Å². The Labute approximate surface area is 256 Å². The Morgan fingerprint density at radius 1 is 1.05 bits per heavy atom. The fourth-order valence-corrected chi connectivity index (χ4v) is 5.34. The number of benzene rings is 4. The normalized spacial score (nSPS) is 11.4. The van der Waals surface area contributed by atoms with E-state index in [0.717, 1.165) is 6.07 Å². The first-order valence-electron chi connectivity index (χ1n) is 11.1. The van der Waals surface area contributed by atoms with E-state index in [2.05, 4.69) is 15.5 Å². The van der Waals surface area contributed by atoms with Gasteiger partial charge in [-0.2, -0.15) is 18.6 Å². The topological polar surface area (TPSA) is 140 Å². The molecule has 0 heterocycles. The zero-order valence-electron chi connectivity index (χ0n) is 21.0. The monoisotopic (exact) mass is 595 g/mol. The van der Waals surface area contributed by atoms with Gasteiger partial charge >= 0.3 is 29.6 Å². The first kappa shape index (κ1) is 30.8. The first-order chi connectivity index (χ1) is 18.0. The van der Waals surface area contributed by atoms with Gasteiger partial charge in [0.25, 0.3) is 16.0 Å². The van der Waals surface area contributed by atoms with Crippen molar-refractivity contribution in [1.82, 2.24) is 0 Å². The van der Waals surface area contributed by atoms with Crippen LogP contribution in [-0.4, -0.2) is 26.0 Å². The molecule has 0 aromatic heterocycles. The van der Waals surface area contributed by atoms with Gasteiger partial charge in [0.1, 0.15) is 16.3 Å². The zero-order valence-corrected chi connectivity index (χ0v) is 25.4. The summed E-state index contributed by atoms with van der Waals surface area (Å²) in [4.78, 5) is 12.8. The number of hydrogen-bond donors (Lipinski definition) is 2. The molecule has 4 aromatic carbocycles. The average Bonchev–Trinajstić information content (AvgIpc) is 2.88. The molecule has 0 radical (unpaired) electrons. The number of azo groups is 1. The van der Waals surface area contributed by atoms with Crippen LogP contribution in [0.25, 0.3) is 10.8 Å². The van der Waals surface area contributed by atoms with Gasteiger partial charge in [-0.05, 0) is 47.7 Å². The van der Waals surface area contributed by atoms with Crippen molar-refractivity contribution in [2.75, 3.05) is 12.4 Å². The molecule has 0 spiro atoms. The van der Waals surface area contributed by atoms with Gasteiger partial charge in [0.2, 0.25) is 0 Å². The van der Waals surface area contributed by atoms with Gasteiger partial charge in [-0.25, -0.2) is 0 Å². The van der Waals surface area contributed by atoms with Crippen LogP contribution in [0.5, 0.6) is 11.5 Å². The average molecular weight is 596 g/mol. The minimum Gasteiger partial charge on any atom is -0.870 e. The van der Waals surface area contributed by atoms with Crippen LogP contribution in [0.2, 0.25) is 10.0 Å². The molecule has 4 rings (SSSR count). The van der Waals surface area contributed by atoms with Gasteiger partial charge in [-0.3, -0.25) is 9.35 Å².